The monoisotopic (exact) mass is 314 g/mol. The van der Waals surface area contributed by atoms with E-state index in [1.54, 1.807) is 0 Å². The van der Waals surface area contributed by atoms with Crippen LogP contribution in [0.4, 0.5) is 32.0 Å². The number of benzene rings is 1. The number of nitrogens with two attached hydrogens (primary N) is 1. The molecule has 0 heterocycles. The minimum atomic E-state index is -4.56. The Morgan fingerprint density at radius 3 is 2.19 bits per heavy atom. The molecular formula is C13H16F6N2. The molecule has 0 aliphatic heterocycles. The Morgan fingerprint density at radius 2 is 1.71 bits per heavy atom. The van der Waals surface area contributed by atoms with E-state index in [9.17, 15) is 26.3 Å². The van der Waals surface area contributed by atoms with Crippen molar-refractivity contribution in [2.45, 2.75) is 25.2 Å². The highest BCUT2D eigenvalue weighted by molar-refractivity contribution is 5.51. The van der Waals surface area contributed by atoms with Crippen LogP contribution < -0.4 is 10.6 Å². The van der Waals surface area contributed by atoms with E-state index in [4.69, 9.17) is 5.73 Å². The van der Waals surface area contributed by atoms with Crippen LogP contribution in [0, 0.1) is 0 Å². The quantitative estimate of drug-likeness (QED) is 0.842. The average molecular weight is 314 g/mol. The van der Waals surface area contributed by atoms with Crippen LogP contribution in [0.15, 0.2) is 18.2 Å². The van der Waals surface area contributed by atoms with Gasteiger partial charge in [-0.05, 0) is 30.7 Å². The third-order valence-electron chi connectivity index (χ3n) is 2.98. The number of hydrogen-bond acceptors (Lipinski definition) is 2. The number of alkyl halides is 6. The van der Waals surface area contributed by atoms with Gasteiger partial charge in [-0.15, -0.1) is 0 Å². The zero-order chi connectivity index (χ0) is 16.3. The van der Waals surface area contributed by atoms with Crippen LogP contribution in [0.25, 0.3) is 0 Å². The molecule has 1 rings (SSSR count). The van der Waals surface area contributed by atoms with Crippen molar-refractivity contribution in [3.63, 3.8) is 0 Å². The van der Waals surface area contributed by atoms with E-state index in [0.717, 1.165) is 11.0 Å². The van der Waals surface area contributed by atoms with E-state index in [1.165, 1.54) is 19.2 Å². The molecule has 0 radical (unpaired) electrons. The summed E-state index contributed by atoms with van der Waals surface area (Å²) in [6.45, 7) is -0.344. The lowest BCUT2D eigenvalue weighted by molar-refractivity contribution is -0.138. The number of halogens is 6. The van der Waals surface area contributed by atoms with Gasteiger partial charge in [0.15, 0.2) is 0 Å². The zero-order valence-electron chi connectivity index (χ0n) is 11.4. The second kappa shape index (κ2) is 6.55. The maximum absolute atomic E-state index is 13.0. The minimum absolute atomic E-state index is 0.0398. The molecule has 8 heteroatoms. The molecule has 0 atom stereocenters. The Bertz CT molecular complexity index is 467. The van der Waals surface area contributed by atoms with Crippen molar-refractivity contribution >= 4 is 5.69 Å². The van der Waals surface area contributed by atoms with E-state index in [1.807, 2.05) is 0 Å². The lowest BCUT2D eigenvalue weighted by atomic mass is 10.0. The van der Waals surface area contributed by atoms with Crippen LogP contribution in [0.5, 0.6) is 0 Å². The molecule has 1 aromatic rings. The fourth-order valence-electron chi connectivity index (χ4n) is 1.86. The molecule has 21 heavy (non-hydrogen) atoms. The van der Waals surface area contributed by atoms with Crippen molar-refractivity contribution in [3.05, 3.63) is 29.3 Å². The lowest BCUT2D eigenvalue weighted by Gasteiger charge is -2.22. The Balaban J connectivity index is 2.99. The smallest absolute Gasteiger partial charge is 0.374 e. The highest BCUT2D eigenvalue weighted by Crippen LogP contribution is 2.35. The van der Waals surface area contributed by atoms with Gasteiger partial charge in [-0.25, -0.2) is 0 Å². The molecular weight excluding hydrogens is 298 g/mol. The fourth-order valence-corrected chi connectivity index (χ4v) is 1.86. The van der Waals surface area contributed by atoms with Gasteiger partial charge in [0.25, 0.3) is 0 Å². The molecule has 2 nitrogen and oxygen atoms in total. The second-order valence-electron chi connectivity index (χ2n) is 4.66. The number of hydrogen-bond donors (Lipinski definition) is 1. The van der Waals surface area contributed by atoms with Gasteiger partial charge >= 0.3 is 12.4 Å². The fraction of sp³-hybridized carbons (Fsp3) is 0.538. The molecule has 0 fully saturated rings. The Morgan fingerprint density at radius 1 is 1.10 bits per heavy atom. The third-order valence-corrected chi connectivity index (χ3v) is 2.98. The maximum atomic E-state index is 13.0. The van der Waals surface area contributed by atoms with Gasteiger partial charge in [-0.2, -0.15) is 26.3 Å². The summed E-state index contributed by atoms with van der Waals surface area (Å²) in [4.78, 5) is 1.15. The molecule has 0 aliphatic rings. The van der Waals surface area contributed by atoms with Gasteiger partial charge in [-0.1, -0.05) is 6.07 Å². The van der Waals surface area contributed by atoms with Crippen LogP contribution >= 0.6 is 0 Å². The lowest BCUT2D eigenvalue weighted by Crippen LogP contribution is -2.24. The minimum Gasteiger partial charge on any atom is -0.374 e. The van der Waals surface area contributed by atoms with Crippen LogP contribution in [-0.4, -0.2) is 26.3 Å². The highest BCUT2D eigenvalue weighted by atomic mass is 19.4. The van der Waals surface area contributed by atoms with Crippen molar-refractivity contribution in [2.24, 2.45) is 5.73 Å². The Kier molecular flexibility index (Phi) is 5.49. The van der Waals surface area contributed by atoms with Crippen LogP contribution in [0.1, 0.15) is 17.5 Å². The number of nitrogens with zero attached hydrogens (tertiary/aromatic N) is 1. The predicted octanol–water partition coefficient (Wildman–Crippen LogP) is 3.60. The van der Waals surface area contributed by atoms with Gasteiger partial charge in [0.05, 0.1) is 12.0 Å². The molecule has 0 saturated carbocycles. The largest absolute Gasteiger partial charge is 0.416 e. The summed E-state index contributed by atoms with van der Waals surface area (Å²) in [5.41, 5.74) is 4.54. The first-order valence-electron chi connectivity index (χ1n) is 6.22. The number of anilines is 1. The molecule has 2 N–H and O–H groups in total. The van der Waals surface area contributed by atoms with E-state index < -0.39 is 30.9 Å². The molecule has 0 bridgehead atoms. The first-order valence-corrected chi connectivity index (χ1v) is 6.22. The summed E-state index contributed by atoms with van der Waals surface area (Å²) in [6.07, 6.45) is -9.94. The van der Waals surface area contributed by atoms with Gasteiger partial charge in [0, 0.05) is 19.3 Å². The van der Waals surface area contributed by atoms with Gasteiger partial charge in [-0.3, -0.25) is 0 Å². The molecule has 0 aromatic heterocycles. The standard InChI is InChI=1S/C13H16F6N2/c1-21(7-5-12(14,15)16)10-3-2-9(4-6-20)11(8-10)13(17,18)19/h2-3,8H,4-7,20H2,1H3. The normalized spacial score (nSPS) is 12.6. The summed E-state index contributed by atoms with van der Waals surface area (Å²) in [6, 6.07) is 3.49. The molecule has 0 aliphatic carbocycles. The summed E-state index contributed by atoms with van der Waals surface area (Å²) in [5, 5.41) is 0. The maximum Gasteiger partial charge on any atom is 0.416 e. The van der Waals surface area contributed by atoms with Crippen LogP contribution in [0.3, 0.4) is 0 Å². The average Bonchev–Trinajstić information content (AvgIpc) is 2.34. The van der Waals surface area contributed by atoms with E-state index in [0.29, 0.717) is 0 Å². The van der Waals surface area contributed by atoms with Crippen molar-refractivity contribution in [1.82, 2.24) is 0 Å². The molecule has 0 unspecified atom stereocenters. The van der Waals surface area contributed by atoms with Gasteiger partial charge in [0.1, 0.15) is 0 Å². The predicted molar refractivity (Wildman–Crippen MR) is 68.1 cm³/mol. The molecule has 0 amide bonds. The molecule has 0 spiro atoms. The summed E-state index contributed by atoms with van der Waals surface area (Å²) < 4.78 is 75.3. The van der Waals surface area contributed by atoms with E-state index in [2.05, 4.69) is 0 Å². The Labute approximate surface area is 118 Å². The second-order valence-corrected chi connectivity index (χ2v) is 4.66. The summed E-state index contributed by atoms with van der Waals surface area (Å²) >= 11 is 0. The molecule has 120 valence electrons. The highest BCUT2D eigenvalue weighted by Gasteiger charge is 2.34. The SMILES string of the molecule is CN(CCC(F)(F)F)c1ccc(CCN)c(C(F)(F)F)c1. The van der Waals surface area contributed by atoms with E-state index in [-0.39, 0.29) is 24.2 Å². The summed E-state index contributed by atoms with van der Waals surface area (Å²) in [7, 11) is 1.32. The molecule has 0 saturated heterocycles. The van der Waals surface area contributed by atoms with Crippen molar-refractivity contribution < 1.29 is 26.3 Å². The van der Waals surface area contributed by atoms with E-state index >= 15 is 0 Å². The van der Waals surface area contributed by atoms with Gasteiger partial charge in [0.2, 0.25) is 0 Å². The van der Waals surface area contributed by atoms with Gasteiger partial charge < -0.3 is 10.6 Å². The first kappa shape index (κ1) is 17.6. The third kappa shape index (κ3) is 5.45. The number of rotatable bonds is 5. The Hall–Kier alpha value is -1.44. The van der Waals surface area contributed by atoms with Crippen molar-refractivity contribution in [3.8, 4) is 0 Å². The summed E-state index contributed by atoms with van der Waals surface area (Å²) in [5.74, 6) is 0. The van der Waals surface area contributed by atoms with Crippen LogP contribution in [-0.2, 0) is 12.6 Å². The topological polar surface area (TPSA) is 29.3 Å². The van der Waals surface area contributed by atoms with Crippen molar-refractivity contribution in [1.29, 1.82) is 0 Å². The first-order chi connectivity index (χ1) is 9.54. The molecule has 1 aromatic carbocycles. The van der Waals surface area contributed by atoms with Crippen LogP contribution in [0.2, 0.25) is 0 Å². The zero-order valence-corrected chi connectivity index (χ0v) is 11.4. The van der Waals surface area contributed by atoms with Crippen molar-refractivity contribution in [2.75, 3.05) is 25.0 Å².